The van der Waals surface area contributed by atoms with E-state index in [1.807, 2.05) is 20.8 Å². The van der Waals surface area contributed by atoms with Crippen molar-refractivity contribution in [3.05, 3.63) is 0 Å². The number of aliphatic hydroxyl groups is 2. The van der Waals surface area contributed by atoms with Crippen LogP contribution in [-0.2, 0) is 62.3 Å². The number of likely N-dealkylation sites (tertiary alicyclic amines) is 1. The van der Waals surface area contributed by atoms with Crippen molar-refractivity contribution in [1.29, 1.82) is 0 Å². The Morgan fingerprint density at radius 1 is 0.506 bits per heavy atom. The number of amides is 13. The Bertz CT molecular complexity index is 2310. The van der Waals surface area contributed by atoms with Gasteiger partial charge in [0, 0.05) is 44.8 Å². The van der Waals surface area contributed by atoms with Gasteiger partial charge in [0.15, 0.2) is 0 Å². The van der Waals surface area contributed by atoms with Crippen LogP contribution in [0.15, 0.2) is 0 Å². The second-order valence-electron chi connectivity index (χ2n) is 23.3. The van der Waals surface area contributed by atoms with Crippen molar-refractivity contribution in [3.8, 4) is 0 Å². The van der Waals surface area contributed by atoms with Gasteiger partial charge < -0.3 is 85.5 Å². The molecular formula is C58H104N14O15. The van der Waals surface area contributed by atoms with Crippen molar-refractivity contribution < 1.29 is 72.5 Å². The SMILES string of the molecule is CCCC[C@H](NC(=O)[C@H](CO)NC(=O)[C@@H](NC(=O)C[C@H](C)NC(=O)[C@@H](NC(=O)[C@H](CO)NC(=O)[C@H](CCC(N)=O)NC(=O)C[C@@H](NC(=O)[C@@H](NC(=O)[C@H](CCCCN)NC(=O)[C@@H]1CCCN1C(C)=O)[C@@H](C)CC)[C@@H](C)CC)C(C)C)[C@@H](C)CC)C(N)=O. The van der Waals surface area contributed by atoms with Gasteiger partial charge in [-0.05, 0) is 82.1 Å². The summed E-state index contributed by atoms with van der Waals surface area (Å²) in [5.74, 6) is -11.4. The molecule has 0 unspecified atom stereocenters. The number of nitrogens with one attached hydrogen (secondary N) is 10. The van der Waals surface area contributed by atoms with Gasteiger partial charge in [-0.1, -0.05) is 94.4 Å². The van der Waals surface area contributed by atoms with Crippen molar-refractivity contribution in [2.24, 2.45) is 40.9 Å². The molecule has 0 bridgehead atoms. The molecule has 1 heterocycles. The molecule has 0 aromatic rings. The number of rotatable bonds is 42. The van der Waals surface area contributed by atoms with E-state index in [1.165, 1.54) is 18.7 Å². The van der Waals surface area contributed by atoms with Gasteiger partial charge in [-0.15, -0.1) is 0 Å². The Labute approximate surface area is 512 Å². The average Bonchev–Trinajstić information content (AvgIpc) is 3.63. The second kappa shape index (κ2) is 40.4. The van der Waals surface area contributed by atoms with Crippen molar-refractivity contribution in [3.63, 3.8) is 0 Å². The molecule has 1 aliphatic rings. The van der Waals surface area contributed by atoms with E-state index < -0.39 is 181 Å². The topological polar surface area (TPSA) is 464 Å². The molecule has 0 saturated carbocycles. The number of nitrogens with two attached hydrogens (primary N) is 3. The zero-order valence-electron chi connectivity index (χ0n) is 53.0. The molecule has 1 fully saturated rings. The molecule has 0 radical (unpaired) electrons. The lowest BCUT2D eigenvalue weighted by Gasteiger charge is -2.31. The zero-order chi connectivity index (χ0) is 66.2. The standard InChI is InChI=1S/C58H104N14O15/c1-12-16-20-37(50(61)79)64-53(82)41(29-73)68-57(86)48(33(8)14-3)69-45(77)27-35(10)62-56(85)47(31(5)6)70-54(83)42(30-74)67-51(80)39(23-24-44(60)76)63-46(78)28-40(32(7)13-2)66-58(87)49(34(9)15-4)71-52(81)38(21-17-18-25-59)65-55(84)43-22-19-26-72(43)36(11)75/h31-35,37-43,47-49,73-74H,12-30,59H2,1-11H3,(H2,60,76)(H2,61,79)(H,62,85)(H,63,78)(H,64,82)(H,65,84)(H,66,87)(H,67,80)(H,68,86)(H,69,77)(H,70,83)(H,71,81)/t32-,33-,34-,35-,37-,38-,39-,40+,41-,42-,43-,47-,48-,49-/m0/s1. The highest BCUT2D eigenvalue weighted by molar-refractivity contribution is 5.97. The Balaban J connectivity index is 3.22. The van der Waals surface area contributed by atoms with E-state index in [2.05, 4.69) is 53.2 Å². The first-order chi connectivity index (χ1) is 40.9. The quantitative estimate of drug-likeness (QED) is 0.0281. The van der Waals surface area contributed by atoms with Crippen LogP contribution in [0.1, 0.15) is 172 Å². The van der Waals surface area contributed by atoms with Crippen LogP contribution in [0.3, 0.4) is 0 Å². The van der Waals surface area contributed by atoms with Gasteiger partial charge in [0.25, 0.3) is 0 Å². The minimum atomic E-state index is -1.71. The van der Waals surface area contributed by atoms with E-state index in [0.29, 0.717) is 70.9 Å². The number of carbonyl (C=O) groups is 13. The third kappa shape index (κ3) is 27.3. The highest BCUT2D eigenvalue weighted by Gasteiger charge is 2.38. The van der Waals surface area contributed by atoms with Gasteiger partial charge in [0.05, 0.1) is 13.2 Å². The fourth-order valence-corrected chi connectivity index (χ4v) is 9.63. The maximum atomic E-state index is 14.2. The first-order valence-corrected chi connectivity index (χ1v) is 30.7. The third-order valence-corrected chi connectivity index (χ3v) is 15.8. The van der Waals surface area contributed by atoms with Crippen LogP contribution in [0.25, 0.3) is 0 Å². The van der Waals surface area contributed by atoms with E-state index in [0.717, 1.165) is 0 Å². The van der Waals surface area contributed by atoms with E-state index in [9.17, 15) is 72.5 Å². The molecule has 29 nitrogen and oxygen atoms in total. The number of nitrogens with zero attached hydrogens (tertiary/aromatic N) is 1. The van der Waals surface area contributed by atoms with Crippen molar-refractivity contribution in [2.45, 2.75) is 239 Å². The predicted molar refractivity (Wildman–Crippen MR) is 322 cm³/mol. The van der Waals surface area contributed by atoms with Gasteiger partial charge in [-0.3, -0.25) is 62.3 Å². The van der Waals surface area contributed by atoms with Crippen LogP contribution in [0.4, 0.5) is 0 Å². The predicted octanol–water partition coefficient (Wildman–Crippen LogP) is -2.51. The number of unbranched alkanes of at least 4 members (excludes halogenated alkanes) is 2. The van der Waals surface area contributed by atoms with Gasteiger partial charge in [0.1, 0.15) is 54.4 Å². The fourth-order valence-electron chi connectivity index (χ4n) is 9.63. The summed E-state index contributed by atoms with van der Waals surface area (Å²) in [5, 5.41) is 46.4. The minimum absolute atomic E-state index is 0.204. The summed E-state index contributed by atoms with van der Waals surface area (Å²) in [4.78, 5) is 174. The molecule has 13 amide bonds. The maximum Gasteiger partial charge on any atom is 0.245 e. The summed E-state index contributed by atoms with van der Waals surface area (Å²) >= 11 is 0. The maximum absolute atomic E-state index is 14.2. The van der Waals surface area contributed by atoms with Gasteiger partial charge in [-0.2, -0.15) is 0 Å². The summed E-state index contributed by atoms with van der Waals surface area (Å²) < 4.78 is 0. The first kappa shape index (κ1) is 78.0. The number of carbonyl (C=O) groups excluding carboxylic acids is 13. The minimum Gasteiger partial charge on any atom is -0.394 e. The molecule has 496 valence electrons. The Hall–Kier alpha value is -7.01. The summed E-state index contributed by atoms with van der Waals surface area (Å²) in [6.07, 6.45) is 3.60. The van der Waals surface area contributed by atoms with Crippen LogP contribution in [0.5, 0.6) is 0 Å². The molecule has 0 aliphatic carbocycles. The van der Waals surface area contributed by atoms with E-state index in [-0.39, 0.29) is 37.5 Å². The summed E-state index contributed by atoms with van der Waals surface area (Å²) in [5.41, 5.74) is 16.6. The van der Waals surface area contributed by atoms with Gasteiger partial charge in [0.2, 0.25) is 76.8 Å². The molecule has 1 aliphatic heterocycles. The van der Waals surface area contributed by atoms with E-state index in [1.54, 1.807) is 41.5 Å². The Morgan fingerprint density at radius 3 is 1.49 bits per heavy atom. The molecular weight excluding hydrogens is 1130 g/mol. The molecule has 0 aromatic heterocycles. The summed E-state index contributed by atoms with van der Waals surface area (Å²) in [6.45, 7) is 17.5. The largest absolute Gasteiger partial charge is 0.394 e. The number of hydrogen-bond acceptors (Lipinski definition) is 16. The molecule has 1 saturated heterocycles. The molecule has 14 atom stereocenters. The van der Waals surface area contributed by atoms with Crippen molar-refractivity contribution >= 4 is 76.8 Å². The van der Waals surface area contributed by atoms with Crippen LogP contribution in [0.2, 0.25) is 0 Å². The first-order valence-electron chi connectivity index (χ1n) is 30.7. The fraction of sp³-hybridized carbons (Fsp3) is 0.776. The zero-order valence-corrected chi connectivity index (χ0v) is 53.0. The van der Waals surface area contributed by atoms with Crippen LogP contribution in [-0.4, -0.2) is 185 Å². The van der Waals surface area contributed by atoms with Gasteiger partial charge in [-0.25, -0.2) is 0 Å². The molecule has 29 heteroatoms. The lowest BCUT2D eigenvalue weighted by molar-refractivity contribution is -0.138. The smallest absolute Gasteiger partial charge is 0.245 e. The lowest BCUT2D eigenvalue weighted by Crippen LogP contribution is -2.60. The normalized spacial score (nSPS) is 17.5. The number of aliphatic hydroxyl groups excluding tert-OH is 2. The third-order valence-electron chi connectivity index (χ3n) is 15.8. The lowest BCUT2D eigenvalue weighted by atomic mass is 9.93. The second-order valence-corrected chi connectivity index (χ2v) is 23.3. The van der Waals surface area contributed by atoms with Crippen molar-refractivity contribution in [2.75, 3.05) is 26.3 Å². The number of primary amides is 2. The van der Waals surface area contributed by atoms with Gasteiger partial charge >= 0.3 is 0 Å². The summed E-state index contributed by atoms with van der Waals surface area (Å²) in [6, 6.07) is -13.0. The molecule has 0 spiro atoms. The molecule has 1 rings (SSSR count). The summed E-state index contributed by atoms with van der Waals surface area (Å²) in [7, 11) is 0. The highest BCUT2D eigenvalue weighted by Crippen LogP contribution is 2.20. The van der Waals surface area contributed by atoms with E-state index in [4.69, 9.17) is 17.2 Å². The van der Waals surface area contributed by atoms with Crippen LogP contribution < -0.4 is 70.4 Å². The monoisotopic (exact) mass is 1240 g/mol. The highest BCUT2D eigenvalue weighted by atomic mass is 16.3. The molecule has 18 N–H and O–H groups in total. The van der Waals surface area contributed by atoms with E-state index >= 15 is 0 Å². The molecule has 87 heavy (non-hydrogen) atoms. The average molecular weight is 1240 g/mol. The molecule has 0 aromatic carbocycles. The Morgan fingerprint density at radius 2 is 0.977 bits per heavy atom. The van der Waals surface area contributed by atoms with Crippen LogP contribution >= 0.6 is 0 Å². The van der Waals surface area contributed by atoms with Crippen LogP contribution in [0, 0.1) is 23.7 Å². The van der Waals surface area contributed by atoms with Crippen molar-refractivity contribution in [1.82, 2.24) is 58.1 Å². The Kier molecular flexibility index (Phi) is 36.3. The number of hydrogen-bond donors (Lipinski definition) is 15.